The van der Waals surface area contributed by atoms with Gasteiger partial charge in [-0.25, -0.2) is 0 Å². The van der Waals surface area contributed by atoms with Crippen LogP contribution in [-0.2, 0) is 0 Å². The third-order valence-electron chi connectivity index (χ3n) is 5.08. The highest BCUT2D eigenvalue weighted by Gasteiger charge is 2.24. The van der Waals surface area contributed by atoms with Crippen LogP contribution < -0.4 is 15.4 Å². The lowest BCUT2D eigenvalue weighted by Crippen LogP contribution is -2.51. The van der Waals surface area contributed by atoms with Crippen molar-refractivity contribution >= 4 is 18.3 Å². The van der Waals surface area contributed by atoms with E-state index in [0.717, 1.165) is 47.8 Å². The zero-order chi connectivity index (χ0) is 18.0. The SMILES string of the molecule is COc1ccc(-n2c(C)cc(C(=O)NC3CCCNC3C)c2C)cc1.Cl. The molecular formula is C20H28ClN3O2. The van der Waals surface area contributed by atoms with E-state index in [-0.39, 0.29) is 24.4 Å². The molecule has 142 valence electrons. The van der Waals surface area contributed by atoms with Gasteiger partial charge in [0.15, 0.2) is 0 Å². The number of ether oxygens (including phenoxy) is 1. The van der Waals surface area contributed by atoms with E-state index >= 15 is 0 Å². The van der Waals surface area contributed by atoms with Crippen LogP contribution in [0, 0.1) is 13.8 Å². The Morgan fingerprint density at radius 2 is 1.96 bits per heavy atom. The molecule has 3 rings (SSSR count). The molecule has 1 aromatic carbocycles. The van der Waals surface area contributed by atoms with Crippen LogP contribution in [0.4, 0.5) is 0 Å². The fourth-order valence-corrected chi connectivity index (χ4v) is 3.61. The van der Waals surface area contributed by atoms with E-state index < -0.39 is 0 Å². The number of piperidine rings is 1. The van der Waals surface area contributed by atoms with E-state index in [0.29, 0.717) is 6.04 Å². The highest BCUT2D eigenvalue weighted by molar-refractivity contribution is 5.96. The van der Waals surface area contributed by atoms with Crippen molar-refractivity contribution in [2.45, 2.75) is 45.7 Å². The van der Waals surface area contributed by atoms with E-state index in [2.05, 4.69) is 22.1 Å². The van der Waals surface area contributed by atoms with Gasteiger partial charge in [-0.1, -0.05) is 0 Å². The second-order valence-electron chi connectivity index (χ2n) is 6.78. The third kappa shape index (κ3) is 4.05. The molecular weight excluding hydrogens is 350 g/mol. The average Bonchev–Trinajstić information content (AvgIpc) is 2.91. The van der Waals surface area contributed by atoms with Crippen LogP contribution in [0.1, 0.15) is 41.5 Å². The zero-order valence-electron chi connectivity index (χ0n) is 15.8. The summed E-state index contributed by atoms with van der Waals surface area (Å²) in [6.45, 7) is 7.18. The first kappa shape index (κ1) is 20.3. The number of benzene rings is 1. The molecule has 2 N–H and O–H groups in total. The van der Waals surface area contributed by atoms with Gasteiger partial charge in [0.2, 0.25) is 0 Å². The number of rotatable bonds is 4. The third-order valence-corrected chi connectivity index (χ3v) is 5.08. The molecule has 0 spiro atoms. The van der Waals surface area contributed by atoms with Crippen molar-refractivity contribution in [3.8, 4) is 11.4 Å². The number of carbonyl (C=O) groups excluding carboxylic acids is 1. The van der Waals surface area contributed by atoms with Crippen LogP contribution in [0.2, 0.25) is 0 Å². The molecule has 0 saturated carbocycles. The minimum Gasteiger partial charge on any atom is -0.497 e. The summed E-state index contributed by atoms with van der Waals surface area (Å²) in [5.74, 6) is 0.830. The predicted molar refractivity (Wildman–Crippen MR) is 107 cm³/mol. The summed E-state index contributed by atoms with van der Waals surface area (Å²) < 4.78 is 7.33. The van der Waals surface area contributed by atoms with E-state index in [9.17, 15) is 4.79 Å². The average molecular weight is 378 g/mol. The van der Waals surface area contributed by atoms with Crippen molar-refractivity contribution in [3.05, 3.63) is 47.3 Å². The quantitative estimate of drug-likeness (QED) is 0.858. The minimum absolute atomic E-state index is 0. The standard InChI is InChI=1S/C20H27N3O2.ClH/c1-13-12-18(20(24)22-19-6-5-11-21-14(19)2)15(3)23(13)16-7-9-17(25-4)10-8-16;/h7-10,12,14,19,21H,5-6,11H2,1-4H3,(H,22,24);1H. The van der Waals surface area contributed by atoms with E-state index in [1.54, 1.807) is 7.11 Å². The second-order valence-corrected chi connectivity index (χ2v) is 6.78. The number of halogens is 1. The van der Waals surface area contributed by atoms with Crippen molar-refractivity contribution in [2.24, 2.45) is 0 Å². The fourth-order valence-electron chi connectivity index (χ4n) is 3.61. The number of amides is 1. The first-order chi connectivity index (χ1) is 12.0. The number of hydrogen-bond donors (Lipinski definition) is 2. The van der Waals surface area contributed by atoms with Crippen molar-refractivity contribution in [1.29, 1.82) is 0 Å². The van der Waals surface area contributed by atoms with Gasteiger partial charge >= 0.3 is 0 Å². The number of methoxy groups -OCH3 is 1. The smallest absolute Gasteiger partial charge is 0.253 e. The summed E-state index contributed by atoms with van der Waals surface area (Å²) >= 11 is 0. The molecule has 2 unspecified atom stereocenters. The molecule has 1 aromatic heterocycles. The van der Waals surface area contributed by atoms with Crippen LogP contribution in [0.15, 0.2) is 30.3 Å². The Morgan fingerprint density at radius 1 is 1.27 bits per heavy atom. The molecule has 1 aliphatic rings. The number of carbonyl (C=O) groups is 1. The number of nitrogens with one attached hydrogen (secondary N) is 2. The Kier molecular flexibility index (Phi) is 6.73. The number of hydrogen-bond acceptors (Lipinski definition) is 3. The molecule has 0 aliphatic carbocycles. The Balaban J connectivity index is 0.00000243. The van der Waals surface area contributed by atoms with Crippen LogP contribution >= 0.6 is 12.4 Å². The Morgan fingerprint density at radius 3 is 2.58 bits per heavy atom. The molecule has 0 bridgehead atoms. The lowest BCUT2D eigenvalue weighted by atomic mass is 9.99. The summed E-state index contributed by atoms with van der Waals surface area (Å²) in [5.41, 5.74) is 3.77. The highest BCUT2D eigenvalue weighted by Crippen LogP contribution is 2.23. The van der Waals surface area contributed by atoms with Gasteiger partial charge in [0.1, 0.15) is 5.75 Å². The molecule has 1 fully saturated rings. The maximum absolute atomic E-state index is 12.8. The first-order valence-corrected chi connectivity index (χ1v) is 8.89. The Bertz CT molecular complexity index is 755. The molecule has 1 aliphatic heterocycles. The van der Waals surface area contributed by atoms with Crippen LogP contribution in [-0.4, -0.2) is 36.2 Å². The summed E-state index contributed by atoms with van der Waals surface area (Å²) in [7, 11) is 1.66. The van der Waals surface area contributed by atoms with Gasteiger partial charge in [-0.05, 0) is 70.5 Å². The maximum Gasteiger partial charge on any atom is 0.253 e. The molecule has 1 amide bonds. The van der Waals surface area contributed by atoms with Crippen molar-refractivity contribution in [2.75, 3.05) is 13.7 Å². The molecule has 6 heteroatoms. The van der Waals surface area contributed by atoms with Crippen molar-refractivity contribution in [1.82, 2.24) is 15.2 Å². The predicted octanol–water partition coefficient (Wildman–Crippen LogP) is 3.39. The van der Waals surface area contributed by atoms with Crippen LogP contribution in [0.25, 0.3) is 5.69 Å². The van der Waals surface area contributed by atoms with Crippen LogP contribution in [0.3, 0.4) is 0 Å². The fraction of sp³-hybridized carbons (Fsp3) is 0.450. The molecule has 26 heavy (non-hydrogen) atoms. The van der Waals surface area contributed by atoms with Gasteiger partial charge in [0, 0.05) is 29.2 Å². The normalized spacial score (nSPS) is 19.5. The van der Waals surface area contributed by atoms with Gasteiger partial charge in [-0.2, -0.15) is 0 Å². The lowest BCUT2D eigenvalue weighted by Gasteiger charge is -2.30. The molecule has 0 radical (unpaired) electrons. The van der Waals surface area contributed by atoms with Crippen molar-refractivity contribution < 1.29 is 9.53 Å². The maximum atomic E-state index is 12.8. The minimum atomic E-state index is 0. The largest absolute Gasteiger partial charge is 0.497 e. The number of aromatic nitrogens is 1. The molecule has 2 aromatic rings. The van der Waals surface area contributed by atoms with Gasteiger partial charge < -0.3 is 19.9 Å². The monoisotopic (exact) mass is 377 g/mol. The Labute approximate surface area is 161 Å². The Hall–Kier alpha value is -1.98. The topological polar surface area (TPSA) is 55.3 Å². The summed E-state index contributed by atoms with van der Waals surface area (Å²) in [5, 5.41) is 6.63. The lowest BCUT2D eigenvalue weighted by molar-refractivity contribution is 0.0919. The molecule has 5 nitrogen and oxygen atoms in total. The summed E-state index contributed by atoms with van der Waals surface area (Å²) in [6, 6.07) is 10.3. The number of aryl methyl sites for hydroxylation is 1. The van der Waals surface area contributed by atoms with Gasteiger partial charge in [-0.3, -0.25) is 4.79 Å². The second kappa shape index (κ2) is 8.60. The molecule has 1 saturated heterocycles. The van der Waals surface area contributed by atoms with E-state index in [4.69, 9.17) is 4.74 Å². The van der Waals surface area contributed by atoms with Gasteiger partial charge in [-0.15, -0.1) is 12.4 Å². The van der Waals surface area contributed by atoms with E-state index in [1.165, 1.54) is 0 Å². The first-order valence-electron chi connectivity index (χ1n) is 8.89. The summed E-state index contributed by atoms with van der Waals surface area (Å²) in [6.07, 6.45) is 2.12. The van der Waals surface area contributed by atoms with Crippen molar-refractivity contribution in [3.63, 3.8) is 0 Å². The van der Waals surface area contributed by atoms with Gasteiger partial charge in [0.05, 0.1) is 12.7 Å². The molecule has 2 atom stereocenters. The zero-order valence-corrected chi connectivity index (χ0v) is 16.7. The van der Waals surface area contributed by atoms with Gasteiger partial charge in [0.25, 0.3) is 5.91 Å². The van der Waals surface area contributed by atoms with E-state index in [1.807, 2.05) is 44.2 Å². The highest BCUT2D eigenvalue weighted by atomic mass is 35.5. The summed E-state index contributed by atoms with van der Waals surface area (Å²) in [4.78, 5) is 12.8. The number of nitrogens with zero attached hydrogens (tertiary/aromatic N) is 1. The molecule has 2 heterocycles. The van der Waals surface area contributed by atoms with Crippen LogP contribution in [0.5, 0.6) is 5.75 Å².